The normalized spacial score (nSPS) is 12.7. The molecule has 0 unspecified atom stereocenters. The van der Waals surface area contributed by atoms with E-state index in [9.17, 15) is 14.0 Å². The molecule has 176 valence electrons. The number of hydrogen-bond donors (Lipinski definition) is 2. The van der Waals surface area contributed by atoms with Gasteiger partial charge in [0, 0.05) is 23.8 Å². The molecule has 0 saturated heterocycles. The highest BCUT2D eigenvalue weighted by Crippen LogP contribution is 2.22. The molecule has 10 heteroatoms. The van der Waals surface area contributed by atoms with E-state index in [-0.39, 0.29) is 36.0 Å². The van der Waals surface area contributed by atoms with E-state index in [1.54, 1.807) is 47.0 Å². The standard InChI is InChI=1S/C24H24FN5O3S/c1-2-12-30-21(14-33-20-9-4-3-8-19(20)25)28-29-24(30)34-15-22(31)26-18-7-5-6-16(13-18)23(32)27-17-10-11-17/h2-9,13,17H,1,10-12,14-15H2,(H,26,31)(H,27,32). The Labute approximate surface area is 200 Å². The Morgan fingerprint density at radius 1 is 1.21 bits per heavy atom. The van der Waals surface area contributed by atoms with Gasteiger partial charge < -0.3 is 15.4 Å². The second-order valence-electron chi connectivity index (χ2n) is 7.68. The van der Waals surface area contributed by atoms with Crippen LogP contribution < -0.4 is 15.4 Å². The molecule has 4 rings (SSSR count). The molecule has 1 aliphatic carbocycles. The number of carbonyl (C=O) groups is 2. The summed E-state index contributed by atoms with van der Waals surface area (Å²) in [6.07, 6.45) is 3.69. The second-order valence-corrected chi connectivity index (χ2v) is 8.63. The monoisotopic (exact) mass is 481 g/mol. The summed E-state index contributed by atoms with van der Waals surface area (Å²) in [6, 6.07) is 13.2. The molecule has 0 atom stereocenters. The van der Waals surface area contributed by atoms with Gasteiger partial charge in [-0.05, 0) is 43.2 Å². The lowest BCUT2D eigenvalue weighted by Crippen LogP contribution is -2.25. The fraction of sp³-hybridized carbons (Fsp3) is 0.250. The number of benzene rings is 2. The van der Waals surface area contributed by atoms with Crippen molar-refractivity contribution in [3.05, 3.63) is 78.4 Å². The Kier molecular flexibility index (Phi) is 7.58. The van der Waals surface area contributed by atoms with Crippen LogP contribution in [0.4, 0.5) is 10.1 Å². The number of anilines is 1. The zero-order valence-electron chi connectivity index (χ0n) is 18.4. The topological polar surface area (TPSA) is 98.1 Å². The maximum Gasteiger partial charge on any atom is 0.251 e. The molecule has 1 heterocycles. The number of hydrogen-bond acceptors (Lipinski definition) is 6. The van der Waals surface area contributed by atoms with Crippen LogP contribution in [0, 0.1) is 5.82 Å². The van der Waals surface area contributed by atoms with Gasteiger partial charge in [-0.2, -0.15) is 0 Å². The van der Waals surface area contributed by atoms with Gasteiger partial charge in [-0.1, -0.05) is 36.0 Å². The highest BCUT2D eigenvalue weighted by molar-refractivity contribution is 7.99. The molecule has 1 fully saturated rings. The number of amides is 2. The summed E-state index contributed by atoms with van der Waals surface area (Å²) < 4.78 is 21.1. The smallest absolute Gasteiger partial charge is 0.251 e. The zero-order valence-corrected chi connectivity index (χ0v) is 19.2. The Balaban J connectivity index is 1.34. The molecule has 0 aliphatic heterocycles. The van der Waals surface area contributed by atoms with Crippen molar-refractivity contribution in [1.29, 1.82) is 0 Å². The van der Waals surface area contributed by atoms with Crippen LogP contribution in [0.1, 0.15) is 29.0 Å². The van der Waals surface area contributed by atoms with Crippen molar-refractivity contribution in [2.24, 2.45) is 0 Å². The van der Waals surface area contributed by atoms with E-state index in [4.69, 9.17) is 4.74 Å². The van der Waals surface area contributed by atoms with Gasteiger partial charge in [0.25, 0.3) is 5.91 Å². The van der Waals surface area contributed by atoms with Crippen molar-refractivity contribution >= 4 is 29.3 Å². The third-order valence-electron chi connectivity index (χ3n) is 4.95. The number of rotatable bonds is 11. The van der Waals surface area contributed by atoms with Gasteiger partial charge >= 0.3 is 0 Å². The van der Waals surface area contributed by atoms with Crippen molar-refractivity contribution in [2.75, 3.05) is 11.1 Å². The Morgan fingerprint density at radius 2 is 2.03 bits per heavy atom. The lowest BCUT2D eigenvalue weighted by Gasteiger charge is -2.10. The second kappa shape index (κ2) is 11.0. The molecular weight excluding hydrogens is 457 g/mol. The van der Waals surface area contributed by atoms with E-state index in [0.717, 1.165) is 12.8 Å². The van der Waals surface area contributed by atoms with E-state index < -0.39 is 5.82 Å². The Morgan fingerprint density at radius 3 is 2.79 bits per heavy atom. The van der Waals surface area contributed by atoms with Gasteiger partial charge in [-0.3, -0.25) is 14.2 Å². The van der Waals surface area contributed by atoms with Crippen molar-refractivity contribution in [2.45, 2.75) is 37.2 Å². The molecule has 0 radical (unpaired) electrons. The minimum atomic E-state index is -0.461. The summed E-state index contributed by atoms with van der Waals surface area (Å²) in [7, 11) is 0. The maximum absolute atomic E-state index is 13.8. The van der Waals surface area contributed by atoms with Crippen molar-refractivity contribution < 1.29 is 18.7 Å². The maximum atomic E-state index is 13.8. The van der Waals surface area contributed by atoms with E-state index in [2.05, 4.69) is 27.4 Å². The van der Waals surface area contributed by atoms with Crippen molar-refractivity contribution in [1.82, 2.24) is 20.1 Å². The van der Waals surface area contributed by atoms with Gasteiger partial charge in [0.15, 0.2) is 22.5 Å². The van der Waals surface area contributed by atoms with Crippen LogP contribution in [-0.4, -0.2) is 38.4 Å². The third kappa shape index (κ3) is 6.22. The molecule has 2 N–H and O–H groups in total. The van der Waals surface area contributed by atoms with Crippen LogP contribution in [0.2, 0.25) is 0 Å². The molecule has 34 heavy (non-hydrogen) atoms. The molecule has 3 aromatic rings. The summed E-state index contributed by atoms with van der Waals surface area (Å²) in [4.78, 5) is 24.7. The molecule has 1 saturated carbocycles. The van der Waals surface area contributed by atoms with Crippen LogP contribution in [0.25, 0.3) is 0 Å². The van der Waals surface area contributed by atoms with E-state index in [1.807, 2.05) is 0 Å². The highest BCUT2D eigenvalue weighted by Gasteiger charge is 2.24. The number of halogens is 1. The first kappa shape index (κ1) is 23.5. The molecule has 0 bridgehead atoms. The fourth-order valence-electron chi connectivity index (χ4n) is 3.11. The van der Waals surface area contributed by atoms with E-state index in [0.29, 0.717) is 28.8 Å². The molecule has 2 amide bonds. The van der Waals surface area contributed by atoms with Crippen LogP contribution >= 0.6 is 11.8 Å². The van der Waals surface area contributed by atoms with Crippen LogP contribution in [0.3, 0.4) is 0 Å². The summed E-state index contributed by atoms with van der Waals surface area (Å²) in [5.41, 5.74) is 1.04. The molecule has 1 aliphatic rings. The zero-order chi connectivity index (χ0) is 23.9. The largest absolute Gasteiger partial charge is 0.483 e. The number of para-hydroxylation sites is 1. The van der Waals surface area contributed by atoms with Crippen LogP contribution in [0.15, 0.2) is 66.3 Å². The van der Waals surface area contributed by atoms with Gasteiger partial charge in [0.05, 0.1) is 5.75 Å². The van der Waals surface area contributed by atoms with Crippen molar-refractivity contribution in [3.8, 4) is 5.75 Å². The average Bonchev–Trinajstić information content (AvgIpc) is 3.57. The summed E-state index contributed by atoms with van der Waals surface area (Å²) >= 11 is 1.21. The number of ether oxygens (including phenoxy) is 1. The predicted molar refractivity (Wildman–Crippen MR) is 127 cm³/mol. The number of nitrogens with one attached hydrogen (secondary N) is 2. The number of thioether (sulfide) groups is 1. The first-order valence-corrected chi connectivity index (χ1v) is 11.8. The lowest BCUT2D eigenvalue weighted by molar-refractivity contribution is -0.113. The van der Waals surface area contributed by atoms with Gasteiger partial charge in [-0.25, -0.2) is 4.39 Å². The van der Waals surface area contributed by atoms with Crippen LogP contribution in [0.5, 0.6) is 5.75 Å². The van der Waals surface area contributed by atoms with Crippen LogP contribution in [-0.2, 0) is 17.9 Å². The first-order valence-electron chi connectivity index (χ1n) is 10.8. The molecule has 0 spiro atoms. The van der Waals surface area contributed by atoms with Crippen molar-refractivity contribution in [3.63, 3.8) is 0 Å². The highest BCUT2D eigenvalue weighted by atomic mass is 32.2. The Bertz CT molecular complexity index is 1190. The lowest BCUT2D eigenvalue weighted by atomic mass is 10.2. The number of aromatic nitrogens is 3. The quantitative estimate of drug-likeness (QED) is 0.319. The number of allylic oxidation sites excluding steroid dienone is 1. The minimum Gasteiger partial charge on any atom is -0.483 e. The summed E-state index contributed by atoms with van der Waals surface area (Å²) in [5.74, 6) is -0.157. The number of nitrogens with zero attached hydrogens (tertiary/aromatic N) is 3. The average molecular weight is 482 g/mol. The Hall–Kier alpha value is -3.66. The number of carbonyl (C=O) groups excluding carboxylic acids is 2. The van der Waals surface area contributed by atoms with Gasteiger partial charge in [0.2, 0.25) is 5.91 Å². The SMILES string of the molecule is C=CCn1c(COc2ccccc2F)nnc1SCC(=O)Nc1cccc(C(=O)NC2CC2)c1. The summed E-state index contributed by atoms with van der Waals surface area (Å²) in [6.45, 7) is 4.17. The molecular formula is C24H24FN5O3S. The van der Waals surface area contributed by atoms with Gasteiger partial charge in [-0.15, -0.1) is 16.8 Å². The third-order valence-corrected chi connectivity index (χ3v) is 5.92. The van der Waals surface area contributed by atoms with Gasteiger partial charge in [0.1, 0.15) is 6.61 Å². The fourth-order valence-corrected chi connectivity index (χ4v) is 3.88. The summed E-state index contributed by atoms with van der Waals surface area (Å²) in [5, 5.41) is 14.5. The molecule has 8 nitrogen and oxygen atoms in total. The molecule has 1 aromatic heterocycles. The predicted octanol–water partition coefficient (Wildman–Crippen LogP) is 3.81. The minimum absolute atomic E-state index is 0.0181. The molecule has 2 aromatic carbocycles. The van der Waals surface area contributed by atoms with E-state index in [1.165, 1.54) is 23.9 Å². The first-order chi connectivity index (χ1) is 16.5. The van der Waals surface area contributed by atoms with E-state index >= 15 is 0 Å².